The summed E-state index contributed by atoms with van der Waals surface area (Å²) in [6.07, 6.45) is 5.01. The lowest BCUT2D eigenvalue weighted by molar-refractivity contribution is -0.896. The van der Waals surface area contributed by atoms with Gasteiger partial charge in [0.05, 0.1) is 26.2 Å². The lowest BCUT2D eigenvalue weighted by Crippen LogP contribution is -3.14. The van der Waals surface area contributed by atoms with E-state index < -0.39 is 5.60 Å². The van der Waals surface area contributed by atoms with Crippen LogP contribution in [0.2, 0.25) is 0 Å². The highest BCUT2D eigenvalue weighted by atomic mass is 16.3. The molecule has 0 atom stereocenters. The van der Waals surface area contributed by atoms with Crippen LogP contribution >= 0.6 is 0 Å². The molecule has 1 aromatic carbocycles. The SMILES string of the molecule is O=C(c1ccccc1)N1CC[NH+](CC#CC2(O)CCCCC2)CC1. The first-order valence-electron chi connectivity index (χ1n) is 9.07. The lowest BCUT2D eigenvalue weighted by Gasteiger charge is -2.31. The van der Waals surface area contributed by atoms with Crippen LogP contribution in [-0.4, -0.2) is 54.2 Å². The number of quaternary nitrogens is 1. The summed E-state index contributed by atoms with van der Waals surface area (Å²) in [6, 6.07) is 9.48. The maximum absolute atomic E-state index is 12.4. The van der Waals surface area contributed by atoms with Crippen LogP contribution in [0.15, 0.2) is 30.3 Å². The molecular weight excluding hydrogens is 300 g/mol. The first-order chi connectivity index (χ1) is 11.7. The molecule has 1 aromatic rings. The van der Waals surface area contributed by atoms with Gasteiger partial charge >= 0.3 is 0 Å². The highest BCUT2D eigenvalue weighted by Crippen LogP contribution is 2.26. The molecule has 1 aliphatic heterocycles. The molecule has 1 saturated carbocycles. The maximum atomic E-state index is 12.4. The second-order valence-electron chi connectivity index (χ2n) is 6.98. The Balaban J connectivity index is 1.47. The summed E-state index contributed by atoms with van der Waals surface area (Å²) in [5.74, 6) is 6.43. The van der Waals surface area contributed by atoms with Crippen molar-refractivity contribution in [3.05, 3.63) is 35.9 Å². The Morgan fingerprint density at radius 1 is 1.12 bits per heavy atom. The molecule has 0 bridgehead atoms. The molecule has 0 unspecified atom stereocenters. The molecule has 2 aliphatic rings. The van der Waals surface area contributed by atoms with Crippen LogP contribution in [0, 0.1) is 11.8 Å². The number of hydrogen-bond acceptors (Lipinski definition) is 2. The molecule has 1 amide bonds. The van der Waals surface area contributed by atoms with Crippen LogP contribution in [0.3, 0.4) is 0 Å². The predicted octanol–water partition coefficient (Wildman–Crippen LogP) is 0.726. The number of amides is 1. The first-order valence-corrected chi connectivity index (χ1v) is 9.07. The topological polar surface area (TPSA) is 45.0 Å². The smallest absolute Gasteiger partial charge is 0.254 e. The van der Waals surface area contributed by atoms with Gasteiger partial charge in [0.2, 0.25) is 0 Å². The number of benzene rings is 1. The predicted molar refractivity (Wildman–Crippen MR) is 93.7 cm³/mol. The Labute approximate surface area is 144 Å². The Hall–Kier alpha value is -1.83. The number of rotatable bonds is 2. The number of aliphatic hydroxyl groups is 1. The van der Waals surface area contributed by atoms with Crippen molar-refractivity contribution in [3.63, 3.8) is 0 Å². The van der Waals surface area contributed by atoms with Crippen LogP contribution in [0.25, 0.3) is 0 Å². The fourth-order valence-electron chi connectivity index (χ4n) is 3.56. The van der Waals surface area contributed by atoms with Gasteiger partial charge in [-0.2, -0.15) is 0 Å². The summed E-state index contributed by atoms with van der Waals surface area (Å²) in [4.78, 5) is 15.8. The largest absolute Gasteiger partial charge is 0.378 e. The Morgan fingerprint density at radius 2 is 1.79 bits per heavy atom. The summed E-state index contributed by atoms with van der Waals surface area (Å²) in [5, 5.41) is 10.4. The van der Waals surface area contributed by atoms with Crippen LogP contribution < -0.4 is 4.90 Å². The number of carbonyl (C=O) groups excluding carboxylic acids is 1. The van der Waals surface area contributed by atoms with E-state index in [0.717, 1.165) is 64.0 Å². The van der Waals surface area contributed by atoms with E-state index in [0.29, 0.717) is 0 Å². The molecule has 1 saturated heterocycles. The van der Waals surface area contributed by atoms with Gasteiger partial charge in [0.15, 0.2) is 0 Å². The van der Waals surface area contributed by atoms with Crippen molar-refractivity contribution in [2.45, 2.75) is 37.7 Å². The van der Waals surface area contributed by atoms with Crippen molar-refractivity contribution in [1.82, 2.24) is 4.90 Å². The average Bonchev–Trinajstić information content (AvgIpc) is 2.63. The van der Waals surface area contributed by atoms with Gasteiger partial charge in [-0.05, 0) is 43.7 Å². The summed E-state index contributed by atoms with van der Waals surface area (Å²) in [5.41, 5.74) is 0.0169. The molecular formula is C20H27N2O2+. The van der Waals surface area contributed by atoms with E-state index >= 15 is 0 Å². The first kappa shape index (κ1) is 17.0. The number of hydrogen-bond donors (Lipinski definition) is 2. The van der Waals surface area contributed by atoms with E-state index in [1.807, 2.05) is 35.2 Å². The zero-order valence-electron chi connectivity index (χ0n) is 14.3. The zero-order valence-corrected chi connectivity index (χ0v) is 14.3. The average molecular weight is 327 g/mol. The van der Waals surface area contributed by atoms with Gasteiger partial charge in [-0.3, -0.25) is 4.79 Å². The van der Waals surface area contributed by atoms with Crippen molar-refractivity contribution < 1.29 is 14.8 Å². The minimum absolute atomic E-state index is 0.122. The lowest BCUT2D eigenvalue weighted by atomic mass is 9.85. The zero-order chi connectivity index (χ0) is 16.8. The summed E-state index contributed by atoms with van der Waals surface area (Å²) in [7, 11) is 0. The molecule has 4 nitrogen and oxygen atoms in total. The highest BCUT2D eigenvalue weighted by Gasteiger charge is 2.27. The molecule has 0 aromatic heterocycles. The third-order valence-corrected chi connectivity index (χ3v) is 5.12. The summed E-state index contributed by atoms with van der Waals surface area (Å²) < 4.78 is 0. The van der Waals surface area contributed by atoms with E-state index in [1.165, 1.54) is 11.3 Å². The van der Waals surface area contributed by atoms with Crippen molar-refractivity contribution >= 4 is 5.91 Å². The van der Waals surface area contributed by atoms with Gasteiger partial charge in [-0.25, -0.2) is 0 Å². The summed E-state index contributed by atoms with van der Waals surface area (Å²) in [6.45, 7) is 4.15. The molecule has 1 heterocycles. The van der Waals surface area contributed by atoms with Gasteiger partial charge in [0, 0.05) is 5.56 Å². The fourth-order valence-corrected chi connectivity index (χ4v) is 3.56. The molecule has 1 aliphatic carbocycles. The van der Waals surface area contributed by atoms with Gasteiger partial charge in [-0.1, -0.05) is 30.5 Å². The van der Waals surface area contributed by atoms with Crippen molar-refractivity contribution in [1.29, 1.82) is 0 Å². The van der Waals surface area contributed by atoms with Crippen LogP contribution in [0.4, 0.5) is 0 Å². The molecule has 24 heavy (non-hydrogen) atoms. The fraction of sp³-hybridized carbons (Fsp3) is 0.550. The molecule has 3 rings (SSSR count). The molecule has 2 fully saturated rings. The quantitative estimate of drug-likeness (QED) is 0.787. The Bertz CT molecular complexity index is 604. The van der Waals surface area contributed by atoms with Gasteiger partial charge < -0.3 is 14.9 Å². The Morgan fingerprint density at radius 3 is 2.46 bits per heavy atom. The Kier molecular flexibility index (Phi) is 5.55. The monoisotopic (exact) mass is 327 g/mol. The normalized spacial score (nSPS) is 21.0. The number of nitrogens with one attached hydrogen (secondary N) is 1. The summed E-state index contributed by atoms with van der Waals surface area (Å²) >= 11 is 0. The number of nitrogens with zero attached hydrogens (tertiary/aromatic N) is 1. The van der Waals surface area contributed by atoms with E-state index in [2.05, 4.69) is 11.8 Å². The molecule has 4 heteroatoms. The van der Waals surface area contributed by atoms with Crippen LogP contribution in [0.5, 0.6) is 0 Å². The van der Waals surface area contributed by atoms with E-state index in [1.54, 1.807) is 0 Å². The number of carbonyl (C=O) groups is 1. The highest BCUT2D eigenvalue weighted by molar-refractivity contribution is 5.94. The van der Waals surface area contributed by atoms with Crippen LogP contribution in [-0.2, 0) is 0 Å². The molecule has 0 spiro atoms. The third kappa shape index (κ3) is 4.37. The minimum Gasteiger partial charge on any atom is -0.378 e. The van der Waals surface area contributed by atoms with E-state index in [9.17, 15) is 9.90 Å². The van der Waals surface area contributed by atoms with Gasteiger partial charge in [-0.15, -0.1) is 0 Å². The third-order valence-electron chi connectivity index (χ3n) is 5.12. The van der Waals surface area contributed by atoms with Gasteiger partial charge in [0.25, 0.3) is 5.91 Å². The van der Waals surface area contributed by atoms with E-state index in [4.69, 9.17) is 0 Å². The standard InChI is InChI=1S/C20H26N2O2/c23-19(18-8-3-1-4-9-18)22-16-14-21(15-17-22)13-7-12-20(24)10-5-2-6-11-20/h1,3-4,8-9,24H,2,5-6,10-11,13-17H2/p+1. The van der Waals surface area contributed by atoms with Crippen molar-refractivity contribution in [2.24, 2.45) is 0 Å². The van der Waals surface area contributed by atoms with Crippen molar-refractivity contribution in [2.75, 3.05) is 32.7 Å². The minimum atomic E-state index is -0.747. The maximum Gasteiger partial charge on any atom is 0.254 e. The van der Waals surface area contributed by atoms with Crippen molar-refractivity contribution in [3.8, 4) is 11.8 Å². The number of piperazine rings is 1. The second kappa shape index (κ2) is 7.83. The van der Waals surface area contributed by atoms with E-state index in [-0.39, 0.29) is 5.91 Å². The molecule has 128 valence electrons. The van der Waals surface area contributed by atoms with Gasteiger partial charge in [0.1, 0.15) is 12.1 Å². The molecule has 0 radical (unpaired) electrons. The molecule has 2 N–H and O–H groups in total. The second-order valence-corrected chi connectivity index (χ2v) is 6.98. The van der Waals surface area contributed by atoms with Crippen LogP contribution in [0.1, 0.15) is 42.5 Å².